The smallest absolute Gasteiger partial charge is 0.322 e. The Balaban J connectivity index is 1.98. The average molecular weight is 350 g/mol. The molecule has 0 aromatic heterocycles. The molecule has 0 unspecified atom stereocenters. The maximum atomic E-state index is 13.7. The fourth-order valence-electron chi connectivity index (χ4n) is 5.70. The zero-order valence-electron chi connectivity index (χ0n) is 16.0. The molecule has 3 rings (SSSR count). The minimum atomic E-state index is -1.05. The molecule has 0 amide bonds. The standard InChI is InChI=1S/C21H34O4/c1-3-13-20-15-12-17(25-20)21(19(23)24-2)14-10-8-6-4-5-7-9-11-16(20)18(21)22/h16-17H,3-15H2,1-2H3/t16-,17+,20-,21-/m1/s1. The molecule has 25 heavy (non-hydrogen) atoms. The highest BCUT2D eigenvalue weighted by Gasteiger charge is 2.67. The van der Waals surface area contributed by atoms with Gasteiger partial charge in [-0.05, 0) is 32.1 Å². The van der Waals surface area contributed by atoms with Gasteiger partial charge in [0.05, 0.1) is 18.8 Å². The summed E-state index contributed by atoms with van der Waals surface area (Å²) in [7, 11) is 1.42. The Bertz CT molecular complexity index is 502. The van der Waals surface area contributed by atoms with Crippen molar-refractivity contribution in [1.82, 2.24) is 0 Å². The van der Waals surface area contributed by atoms with Crippen LogP contribution in [0, 0.1) is 11.3 Å². The minimum Gasteiger partial charge on any atom is -0.468 e. The highest BCUT2D eigenvalue weighted by Crippen LogP contribution is 2.56. The van der Waals surface area contributed by atoms with E-state index in [9.17, 15) is 9.59 Å². The van der Waals surface area contributed by atoms with E-state index < -0.39 is 5.41 Å². The molecule has 4 bridgehead atoms. The summed E-state index contributed by atoms with van der Waals surface area (Å²) >= 11 is 0. The monoisotopic (exact) mass is 350 g/mol. The largest absolute Gasteiger partial charge is 0.468 e. The molecule has 2 aliphatic heterocycles. The maximum Gasteiger partial charge on any atom is 0.322 e. The Kier molecular flexibility index (Phi) is 5.87. The van der Waals surface area contributed by atoms with Crippen LogP contribution in [0.25, 0.3) is 0 Å². The number of methoxy groups -OCH3 is 1. The topological polar surface area (TPSA) is 52.6 Å². The fourth-order valence-corrected chi connectivity index (χ4v) is 5.70. The zero-order chi connectivity index (χ0) is 17.9. The van der Waals surface area contributed by atoms with Gasteiger partial charge in [0.15, 0.2) is 11.2 Å². The first-order valence-corrected chi connectivity index (χ1v) is 10.4. The van der Waals surface area contributed by atoms with E-state index in [0.29, 0.717) is 6.42 Å². The molecule has 0 radical (unpaired) electrons. The number of hydrogen-bond acceptors (Lipinski definition) is 4. The van der Waals surface area contributed by atoms with Crippen molar-refractivity contribution in [3.63, 3.8) is 0 Å². The van der Waals surface area contributed by atoms with Crippen LogP contribution in [0.3, 0.4) is 0 Å². The van der Waals surface area contributed by atoms with E-state index in [1.165, 1.54) is 32.8 Å². The van der Waals surface area contributed by atoms with Crippen LogP contribution in [0.1, 0.15) is 90.4 Å². The van der Waals surface area contributed by atoms with Crippen LogP contribution < -0.4 is 0 Å². The summed E-state index contributed by atoms with van der Waals surface area (Å²) < 4.78 is 11.7. The molecule has 4 nitrogen and oxygen atoms in total. The van der Waals surface area contributed by atoms with Crippen molar-refractivity contribution < 1.29 is 19.1 Å². The molecule has 1 aliphatic carbocycles. The highest BCUT2D eigenvalue weighted by atomic mass is 16.5. The van der Waals surface area contributed by atoms with E-state index in [-0.39, 0.29) is 29.4 Å². The van der Waals surface area contributed by atoms with E-state index in [0.717, 1.165) is 51.4 Å². The van der Waals surface area contributed by atoms with Crippen molar-refractivity contribution >= 4 is 11.8 Å². The number of ether oxygens (including phenoxy) is 2. The minimum absolute atomic E-state index is 0.135. The van der Waals surface area contributed by atoms with Gasteiger partial charge in [-0.25, -0.2) is 0 Å². The van der Waals surface area contributed by atoms with E-state index in [1.54, 1.807) is 0 Å². The third kappa shape index (κ3) is 3.15. The van der Waals surface area contributed by atoms with Gasteiger partial charge in [0.1, 0.15) is 0 Å². The van der Waals surface area contributed by atoms with Crippen LogP contribution in [-0.4, -0.2) is 30.6 Å². The van der Waals surface area contributed by atoms with Gasteiger partial charge >= 0.3 is 5.97 Å². The molecule has 1 saturated carbocycles. The van der Waals surface area contributed by atoms with Crippen molar-refractivity contribution in [2.24, 2.45) is 11.3 Å². The number of esters is 1. The first kappa shape index (κ1) is 18.9. The number of carbonyl (C=O) groups is 2. The lowest BCUT2D eigenvalue weighted by atomic mass is 9.64. The Hall–Kier alpha value is -0.900. The lowest BCUT2D eigenvalue weighted by Crippen LogP contribution is -2.61. The van der Waals surface area contributed by atoms with Crippen LogP contribution in [0.5, 0.6) is 0 Å². The second-order valence-electron chi connectivity index (χ2n) is 8.35. The van der Waals surface area contributed by atoms with Crippen molar-refractivity contribution in [2.75, 3.05) is 7.11 Å². The third-order valence-corrected chi connectivity index (χ3v) is 6.93. The molecule has 2 saturated heterocycles. The number of carbonyl (C=O) groups excluding carboxylic acids is 2. The SMILES string of the molecule is CCC[C@]12CC[C@H](O1)[C@]1(C(=O)OC)CCCCCCCCC[C@@H]2C1=O. The van der Waals surface area contributed by atoms with Gasteiger partial charge < -0.3 is 9.47 Å². The van der Waals surface area contributed by atoms with Gasteiger partial charge in [0.2, 0.25) is 0 Å². The molecule has 0 aromatic rings. The summed E-state index contributed by atoms with van der Waals surface area (Å²) in [4.78, 5) is 26.6. The normalized spacial score (nSPS) is 39.4. The van der Waals surface area contributed by atoms with Gasteiger partial charge in [-0.3, -0.25) is 9.59 Å². The predicted molar refractivity (Wildman–Crippen MR) is 96.2 cm³/mol. The highest BCUT2D eigenvalue weighted by molar-refractivity contribution is 6.07. The Labute approximate surface area is 152 Å². The summed E-state index contributed by atoms with van der Waals surface area (Å²) in [5.74, 6) is -0.344. The molecule has 4 heteroatoms. The summed E-state index contributed by atoms with van der Waals surface area (Å²) in [6.45, 7) is 2.16. The zero-order valence-corrected chi connectivity index (χ0v) is 16.0. The van der Waals surface area contributed by atoms with E-state index in [4.69, 9.17) is 9.47 Å². The quantitative estimate of drug-likeness (QED) is 0.552. The lowest BCUT2D eigenvalue weighted by Gasteiger charge is -2.48. The summed E-state index contributed by atoms with van der Waals surface area (Å²) in [6.07, 6.45) is 12.8. The Morgan fingerprint density at radius 2 is 1.76 bits per heavy atom. The first-order valence-electron chi connectivity index (χ1n) is 10.4. The van der Waals surface area contributed by atoms with Crippen LogP contribution in [0.2, 0.25) is 0 Å². The van der Waals surface area contributed by atoms with Crippen molar-refractivity contribution in [2.45, 2.75) is 102 Å². The van der Waals surface area contributed by atoms with Gasteiger partial charge in [-0.1, -0.05) is 58.3 Å². The van der Waals surface area contributed by atoms with Crippen molar-refractivity contribution in [3.8, 4) is 0 Å². The van der Waals surface area contributed by atoms with Crippen LogP contribution in [0.4, 0.5) is 0 Å². The number of Topliss-reactive ketones (excluding diaryl/α,β-unsaturated/α-hetero) is 1. The summed E-state index contributed by atoms with van der Waals surface area (Å²) in [6, 6.07) is 0. The fraction of sp³-hybridized carbons (Fsp3) is 0.905. The predicted octanol–water partition coefficient (Wildman–Crippen LogP) is 4.59. The lowest BCUT2D eigenvalue weighted by molar-refractivity contribution is -0.201. The van der Waals surface area contributed by atoms with Gasteiger partial charge in [0, 0.05) is 5.92 Å². The van der Waals surface area contributed by atoms with E-state index >= 15 is 0 Å². The Morgan fingerprint density at radius 3 is 2.44 bits per heavy atom. The van der Waals surface area contributed by atoms with E-state index in [2.05, 4.69) is 6.92 Å². The first-order chi connectivity index (χ1) is 12.1. The maximum absolute atomic E-state index is 13.7. The number of ketones is 1. The van der Waals surface area contributed by atoms with Crippen LogP contribution >= 0.6 is 0 Å². The molecular formula is C21H34O4. The second kappa shape index (κ2) is 7.77. The molecule has 3 fully saturated rings. The molecule has 0 aromatic carbocycles. The molecule has 4 atom stereocenters. The van der Waals surface area contributed by atoms with Crippen LogP contribution in [0.15, 0.2) is 0 Å². The van der Waals surface area contributed by atoms with Crippen molar-refractivity contribution in [3.05, 3.63) is 0 Å². The van der Waals surface area contributed by atoms with E-state index in [1.807, 2.05) is 0 Å². The summed E-state index contributed by atoms with van der Waals surface area (Å²) in [5.41, 5.74) is -1.37. The molecule has 142 valence electrons. The summed E-state index contributed by atoms with van der Waals surface area (Å²) in [5, 5.41) is 0. The Morgan fingerprint density at radius 1 is 1.08 bits per heavy atom. The number of hydrogen-bond donors (Lipinski definition) is 0. The molecular weight excluding hydrogens is 316 g/mol. The number of fused-ring (bicyclic) bond motifs is 6. The van der Waals surface area contributed by atoms with Gasteiger partial charge in [0.25, 0.3) is 0 Å². The van der Waals surface area contributed by atoms with Gasteiger partial charge in [-0.15, -0.1) is 0 Å². The molecule has 0 N–H and O–H groups in total. The van der Waals surface area contributed by atoms with Crippen LogP contribution in [-0.2, 0) is 19.1 Å². The molecule has 3 aliphatic rings. The average Bonchev–Trinajstić information content (AvgIpc) is 2.99. The molecule has 0 spiro atoms. The van der Waals surface area contributed by atoms with Gasteiger partial charge in [-0.2, -0.15) is 0 Å². The third-order valence-electron chi connectivity index (χ3n) is 6.93. The molecule has 2 heterocycles. The second-order valence-corrected chi connectivity index (χ2v) is 8.35. The van der Waals surface area contributed by atoms with Crippen molar-refractivity contribution in [1.29, 1.82) is 0 Å². The number of rotatable bonds is 3.